The molecule has 0 aromatic heterocycles. The molecular weight excluding hydrogens is 320 g/mol. The summed E-state index contributed by atoms with van der Waals surface area (Å²) in [6, 6.07) is 13.2. The maximum absolute atomic E-state index is 11.8. The van der Waals surface area contributed by atoms with Gasteiger partial charge in [0.1, 0.15) is 5.75 Å². The van der Waals surface area contributed by atoms with Crippen LogP contribution in [0.15, 0.2) is 48.5 Å². The molecular formula is C16H15ClN2O4. The van der Waals surface area contributed by atoms with Crippen molar-refractivity contribution in [2.75, 3.05) is 11.9 Å². The van der Waals surface area contributed by atoms with Crippen molar-refractivity contribution >= 4 is 28.9 Å². The molecule has 1 amide bonds. The van der Waals surface area contributed by atoms with E-state index in [1.54, 1.807) is 0 Å². The fourth-order valence-corrected chi connectivity index (χ4v) is 2.09. The Morgan fingerprint density at radius 2 is 1.96 bits per heavy atom. The highest BCUT2D eigenvalue weighted by Crippen LogP contribution is 2.26. The molecule has 0 heterocycles. The van der Waals surface area contributed by atoms with E-state index in [9.17, 15) is 14.9 Å². The third-order valence-electron chi connectivity index (χ3n) is 3.00. The molecule has 0 radical (unpaired) electrons. The Kier molecular flexibility index (Phi) is 5.94. The van der Waals surface area contributed by atoms with Crippen LogP contribution in [0.5, 0.6) is 5.75 Å². The lowest BCUT2D eigenvalue weighted by Crippen LogP contribution is -2.13. The van der Waals surface area contributed by atoms with E-state index in [0.717, 1.165) is 5.75 Å². The normalized spacial score (nSPS) is 10.1. The van der Waals surface area contributed by atoms with Gasteiger partial charge in [0.25, 0.3) is 5.69 Å². The zero-order chi connectivity index (χ0) is 16.7. The van der Waals surface area contributed by atoms with E-state index in [0.29, 0.717) is 18.7 Å². The molecule has 0 saturated carbocycles. The lowest BCUT2D eigenvalue weighted by atomic mass is 10.2. The first kappa shape index (κ1) is 16.8. The molecule has 0 fully saturated rings. The number of halogens is 1. The Morgan fingerprint density at radius 3 is 2.61 bits per heavy atom. The van der Waals surface area contributed by atoms with Gasteiger partial charge in [0.2, 0.25) is 5.91 Å². The summed E-state index contributed by atoms with van der Waals surface area (Å²) in [7, 11) is 0. The number of carbonyl (C=O) groups is 1. The molecule has 0 aliphatic carbocycles. The summed E-state index contributed by atoms with van der Waals surface area (Å²) in [4.78, 5) is 21.9. The Balaban J connectivity index is 1.77. The zero-order valence-corrected chi connectivity index (χ0v) is 13.0. The van der Waals surface area contributed by atoms with Crippen LogP contribution >= 0.6 is 11.6 Å². The third-order valence-corrected chi connectivity index (χ3v) is 3.31. The van der Waals surface area contributed by atoms with Crippen molar-refractivity contribution in [2.45, 2.75) is 12.8 Å². The van der Waals surface area contributed by atoms with E-state index in [1.807, 2.05) is 30.3 Å². The molecule has 2 aromatic carbocycles. The quantitative estimate of drug-likeness (QED) is 0.470. The minimum absolute atomic E-state index is 0.121. The van der Waals surface area contributed by atoms with Crippen molar-refractivity contribution in [3.05, 3.63) is 63.7 Å². The van der Waals surface area contributed by atoms with Crippen molar-refractivity contribution in [3.63, 3.8) is 0 Å². The maximum Gasteiger partial charge on any atom is 0.271 e. The maximum atomic E-state index is 11.8. The molecule has 7 heteroatoms. The Hall–Kier alpha value is -2.60. The summed E-state index contributed by atoms with van der Waals surface area (Å²) in [5, 5.41) is 13.4. The van der Waals surface area contributed by atoms with Crippen molar-refractivity contribution in [1.82, 2.24) is 0 Å². The molecule has 1 N–H and O–H groups in total. The van der Waals surface area contributed by atoms with E-state index in [4.69, 9.17) is 16.3 Å². The van der Waals surface area contributed by atoms with Gasteiger partial charge >= 0.3 is 0 Å². The fraction of sp³-hybridized carbons (Fsp3) is 0.188. The van der Waals surface area contributed by atoms with Gasteiger partial charge in [-0.2, -0.15) is 0 Å². The van der Waals surface area contributed by atoms with Gasteiger partial charge in [-0.25, -0.2) is 0 Å². The fourth-order valence-electron chi connectivity index (χ4n) is 1.87. The average Bonchev–Trinajstić information content (AvgIpc) is 2.54. The summed E-state index contributed by atoms with van der Waals surface area (Å²) in [5.41, 5.74) is 0.232. The van der Waals surface area contributed by atoms with Crippen molar-refractivity contribution in [1.29, 1.82) is 0 Å². The molecule has 0 bridgehead atoms. The van der Waals surface area contributed by atoms with Crippen LogP contribution in [0.4, 0.5) is 11.4 Å². The average molecular weight is 335 g/mol. The summed E-state index contributed by atoms with van der Waals surface area (Å²) >= 11 is 5.92. The number of amides is 1. The first-order valence-electron chi connectivity index (χ1n) is 6.98. The van der Waals surface area contributed by atoms with Gasteiger partial charge in [0.15, 0.2) is 0 Å². The number of para-hydroxylation sites is 1. The third kappa shape index (κ3) is 5.27. The molecule has 0 aliphatic heterocycles. The molecule has 2 aromatic rings. The number of hydrogen-bond donors (Lipinski definition) is 1. The van der Waals surface area contributed by atoms with Gasteiger partial charge in [0.05, 0.1) is 22.2 Å². The highest BCUT2D eigenvalue weighted by atomic mass is 35.5. The van der Waals surface area contributed by atoms with Gasteiger partial charge in [-0.3, -0.25) is 14.9 Å². The Labute approximate surface area is 138 Å². The smallest absolute Gasteiger partial charge is 0.271 e. The second-order valence-electron chi connectivity index (χ2n) is 4.73. The van der Waals surface area contributed by atoms with Crippen molar-refractivity contribution in [2.24, 2.45) is 0 Å². The van der Waals surface area contributed by atoms with Crippen LogP contribution in [0.3, 0.4) is 0 Å². The standard InChI is InChI=1S/C16H15ClN2O4/c17-14-11-12(19(21)22)8-9-15(14)18-16(20)7-4-10-23-13-5-2-1-3-6-13/h1-3,5-6,8-9,11H,4,7,10H2,(H,18,20). The van der Waals surface area contributed by atoms with Crippen LogP contribution in [0, 0.1) is 10.1 Å². The van der Waals surface area contributed by atoms with E-state index in [1.165, 1.54) is 18.2 Å². The molecule has 0 unspecified atom stereocenters. The van der Waals surface area contributed by atoms with Crippen LogP contribution in [0.1, 0.15) is 12.8 Å². The molecule has 0 saturated heterocycles. The molecule has 0 spiro atoms. The van der Waals surface area contributed by atoms with Crippen molar-refractivity contribution < 1.29 is 14.5 Å². The summed E-state index contributed by atoms with van der Waals surface area (Å²) in [6.07, 6.45) is 0.811. The van der Waals surface area contributed by atoms with Crippen molar-refractivity contribution in [3.8, 4) is 5.75 Å². The number of hydrogen-bond acceptors (Lipinski definition) is 4. The monoisotopic (exact) mass is 334 g/mol. The van der Waals surface area contributed by atoms with Gasteiger partial charge in [-0.1, -0.05) is 29.8 Å². The SMILES string of the molecule is O=C(CCCOc1ccccc1)Nc1ccc([N+](=O)[O-])cc1Cl. The number of nitrogens with one attached hydrogen (secondary N) is 1. The molecule has 0 aliphatic rings. The number of ether oxygens (including phenoxy) is 1. The molecule has 0 atom stereocenters. The molecule has 6 nitrogen and oxygen atoms in total. The Bertz CT molecular complexity index is 692. The van der Waals surface area contributed by atoms with Gasteiger partial charge < -0.3 is 10.1 Å². The molecule has 23 heavy (non-hydrogen) atoms. The van der Waals surface area contributed by atoms with E-state index in [-0.39, 0.29) is 23.0 Å². The lowest BCUT2D eigenvalue weighted by molar-refractivity contribution is -0.384. The predicted molar refractivity (Wildman–Crippen MR) is 87.9 cm³/mol. The second kappa shape index (κ2) is 8.14. The van der Waals surface area contributed by atoms with Crippen LogP contribution in [-0.2, 0) is 4.79 Å². The largest absolute Gasteiger partial charge is 0.494 e. The highest BCUT2D eigenvalue weighted by Gasteiger charge is 2.11. The lowest BCUT2D eigenvalue weighted by Gasteiger charge is -2.08. The van der Waals surface area contributed by atoms with E-state index in [2.05, 4.69) is 5.32 Å². The van der Waals surface area contributed by atoms with Crippen LogP contribution in [0.2, 0.25) is 5.02 Å². The van der Waals surface area contributed by atoms with Crippen LogP contribution in [0.25, 0.3) is 0 Å². The van der Waals surface area contributed by atoms with Gasteiger partial charge in [-0.15, -0.1) is 0 Å². The number of nitrogens with zero attached hydrogens (tertiary/aromatic N) is 1. The van der Waals surface area contributed by atoms with Crippen LogP contribution in [-0.4, -0.2) is 17.4 Å². The van der Waals surface area contributed by atoms with E-state index < -0.39 is 4.92 Å². The first-order valence-corrected chi connectivity index (χ1v) is 7.35. The number of anilines is 1. The minimum Gasteiger partial charge on any atom is -0.494 e. The molecule has 2 rings (SSSR count). The van der Waals surface area contributed by atoms with Gasteiger partial charge in [0, 0.05) is 18.6 Å². The summed E-state index contributed by atoms with van der Waals surface area (Å²) in [5.74, 6) is 0.531. The summed E-state index contributed by atoms with van der Waals surface area (Å²) < 4.78 is 5.49. The molecule has 120 valence electrons. The summed E-state index contributed by atoms with van der Waals surface area (Å²) in [6.45, 7) is 0.422. The number of non-ortho nitro benzene ring substituents is 1. The Morgan fingerprint density at radius 1 is 1.22 bits per heavy atom. The predicted octanol–water partition coefficient (Wildman–Crippen LogP) is 4.05. The number of benzene rings is 2. The number of rotatable bonds is 7. The van der Waals surface area contributed by atoms with E-state index >= 15 is 0 Å². The number of nitro benzene ring substituents is 1. The first-order chi connectivity index (χ1) is 11.1. The number of carbonyl (C=O) groups excluding carboxylic acids is 1. The highest BCUT2D eigenvalue weighted by molar-refractivity contribution is 6.33. The zero-order valence-electron chi connectivity index (χ0n) is 12.2. The minimum atomic E-state index is -0.543. The van der Waals surface area contributed by atoms with Crippen LogP contribution < -0.4 is 10.1 Å². The number of nitro groups is 1. The second-order valence-corrected chi connectivity index (χ2v) is 5.14. The topological polar surface area (TPSA) is 81.5 Å². The van der Waals surface area contributed by atoms with Gasteiger partial charge in [-0.05, 0) is 24.6 Å².